The van der Waals surface area contributed by atoms with Crippen LogP contribution in [0.3, 0.4) is 0 Å². The molecular weight excluding hydrogens is 370 g/mol. The van der Waals surface area contributed by atoms with Gasteiger partial charge in [0.15, 0.2) is 5.78 Å². The van der Waals surface area contributed by atoms with E-state index in [9.17, 15) is 19.5 Å². The zero-order chi connectivity index (χ0) is 20.4. The largest absolute Gasteiger partial charge is 0.508 e. The third-order valence-electron chi connectivity index (χ3n) is 5.93. The van der Waals surface area contributed by atoms with E-state index >= 15 is 0 Å². The van der Waals surface area contributed by atoms with Crippen LogP contribution < -0.4 is 16.2 Å². The highest BCUT2D eigenvalue weighted by atomic mass is 16.3. The number of hydrogen-bond donors (Lipinski definition) is 2. The van der Waals surface area contributed by atoms with E-state index in [1.165, 1.54) is 23.7 Å². The number of carbonyl (C=O) groups excluding carboxylic acids is 1. The third kappa shape index (κ3) is 2.24. The highest BCUT2D eigenvalue weighted by molar-refractivity contribution is 6.27. The Morgan fingerprint density at radius 3 is 2.21 bits per heavy atom. The van der Waals surface area contributed by atoms with Crippen LogP contribution in [0.15, 0.2) is 58.1 Å². The first-order valence-corrected chi connectivity index (χ1v) is 9.26. The first-order valence-electron chi connectivity index (χ1n) is 9.26. The lowest BCUT2D eigenvalue weighted by atomic mass is 9.76. The first-order chi connectivity index (χ1) is 13.9. The molecule has 0 amide bonds. The number of aromatic nitrogens is 2. The molecule has 0 spiro atoms. The number of ketones is 1. The molecule has 7 nitrogen and oxygen atoms in total. The minimum atomic E-state index is -0.602. The van der Waals surface area contributed by atoms with Crippen LogP contribution in [-0.2, 0) is 14.1 Å². The van der Waals surface area contributed by atoms with E-state index in [0.29, 0.717) is 22.7 Å². The second-order valence-corrected chi connectivity index (χ2v) is 7.46. The highest BCUT2D eigenvalue weighted by Crippen LogP contribution is 2.42. The number of carbonyl (C=O) groups is 1. The molecule has 2 aliphatic rings. The quantitative estimate of drug-likeness (QED) is 0.611. The predicted molar refractivity (Wildman–Crippen MR) is 106 cm³/mol. The number of phenolic OH excluding ortho intramolecular Hbond substituents is 1. The molecule has 2 unspecified atom stereocenters. The van der Waals surface area contributed by atoms with Crippen LogP contribution >= 0.6 is 0 Å². The van der Waals surface area contributed by atoms with Crippen molar-refractivity contribution in [2.45, 2.75) is 5.92 Å². The zero-order valence-corrected chi connectivity index (χ0v) is 15.8. The van der Waals surface area contributed by atoms with E-state index in [4.69, 9.17) is 0 Å². The van der Waals surface area contributed by atoms with Crippen molar-refractivity contribution in [1.82, 2.24) is 9.13 Å². The Labute approximate surface area is 165 Å². The second kappa shape index (κ2) is 5.88. The summed E-state index contributed by atoms with van der Waals surface area (Å²) in [5.41, 5.74) is 2.29. The second-order valence-electron chi connectivity index (χ2n) is 7.46. The lowest BCUT2D eigenvalue weighted by molar-refractivity contribution is -0.368. The van der Waals surface area contributed by atoms with Gasteiger partial charge < -0.3 is 5.11 Å². The summed E-state index contributed by atoms with van der Waals surface area (Å²) in [4.78, 5) is 42.3. The number of benzene rings is 2. The van der Waals surface area contributed by atoms with E-state index in [0.717, 1.165) is 15.7 Å². The zero-order valence-electron chi connectivity index (χ0n) is 15.8. The molecule has 2 N–H and O–H groups in total. The van der Waals surface area contributed by atoms with Gasteiger partial charge in [0.25, 0.3) is 11.4 Å². The van der Waals surface area contributed by atoms with Gasteiger partial charge in [-0.15, -0.1) is 0 Å². The molecule has 1 aliphatic heterocycles. The van der Waals surface area contributed by atoms with E-state index in [1.807, 2.05) is 18.2 Å². The summed E-state index contributed by atoms with van der Waals surface area (Å²) in [5, 5.41) is 9.72. The number of phenols is 1. The number of Topliss-reactive ketones (excluding diaryl/α,β-unsaturated/α-hetero) is 1. The van der Waals surface area contributed by atoms with Gasteiger partial charge >= 0.3 is 5.69 Å². The molecule has 0 bridgehead atoms. The average molecular weight is 388 g/mol. The molecule has 144 valence electrons. The number of aromatic hydroxyl groups is 1. The molecule has 0 fully saturated rings. The molecule has 29 heavy (non-hydrogen) atoms. The molecule has 0 saturated carbocycles. The minimum absolute atomic E-state index is 0.0669. The smallest absolute Gasteiger partial charge is 0.417 e. The van der Waals surface area contributed by atoms with Gasteiger partial charge in [-0.2, -0.15) is 4.57 Å². The molecule has 1 aliphatic carbocycles. The van der Waals surface area contributed by atoms with Crippen molar-refractivity contribution in [3.8, 4) is 5.75 Å². The summed E-state index contributed by atoms with van der Waals surface area (Å²) in [7, 11) is 3.04. The molecule has 2 atom stereocenters. The van der Waals surface area contributed by atoms with Gasteiger partial charge in [0.05, 0.1) is 13.0 Å². The summed E-state index contributed by atoms with van der Waals surface area (Å²) >= 11 is 0. The Morgan fingerprint density at radius 2 is 1.52 bits per heavy atom. The van der Waals surface area contributed by atoms with Crippen LogP contribution in [0.25, 0.3) is 0 Å². The van der Waals surface area contributed by atoms with Crippen LogP contribution in [0.4, 0.5) is 5.82 Å². The number of fused-ring (bicyclic) bond motifs is 4. The molecule has 1 aromatic heterocycles. The summed E-state index contributed by atoms with van der Waals surface area (Å²) in [6.07, 6.45) is 0. The number of nitrogens with one attached hydrogen (secondary N) is 1. The standard InChI is InChI=1S/C22H17N3O4/c1-24-20-17(21(28)25(2)22(24)29)15(11-7-9-12(26)10-8-11)16-18(23-20)13-5-3-4-6-14(13)19(16)27/h3-10,15-16,26H,1-2H3/p+1. The Bertz CT molecular complexity index is 1350. The van der Waals surface area contributed by atoms with Gasteiger partial charge in [-0.3, -0.25) is 9.59 Å². The maximum Gasteiger partial charge on any atom is 0.417 e. The fraction of sp³-hybridized carbons (Fsp3) is 0.182. The van der Waals surface area contributed by atoms with E-state index in [2.05, 4.69) is 4.99 Å². The third-order valence-corrected chi connectivity index (χ3v) is 5.93. The summed E-state index contributed by atoms with van der Waals surface area (Å²) < 4.78 is 2.46. The number of hydrogen-bond acceptors (Lipinski definition) is 4. The molecule has 2 aromatic carbocycles. The SMILES string of the molecule is Cn1c2c(c(=O)n(C)c1=O)C(c1ccc(O)cc1)C1C(=O)c3ccccc3C1=[NH+]2. The Kier molecular flexibility index (Phi) is 3.52. The monoisotopic (exact) mass is 388 g/mol. The molecule has 0 saturated heterocycles. The van der Waals surface area contributed by atoms with Crippen LogP contribution in [0, 0.1) is 5.92 Å². The lowest BCUT2D eigenvalue weighted by Crippen LogP contribution is -2.74. The van der Waals surface area contributed by atoms with Gasteiger partial charge in [-0.1, -0.05) is 36.4 Å². The summed E-state index contributed by atoms with van der Waals surface area (Å²) in [6.45, 7) is 0. The van der Waals surface area contributed by atoms with Gasteiger partial charge in [0.1, 0.15) is 17.0 Å². The number of nitrogens with zero attached hydrogens (tertiary/aromatic N) is 2. The molecule has 0 radical (unpaired) electrons. The van der Waals surface area contributed by atoms with Crippen molar-refractivity contribution >= 4 is 17.3 Å². The molecule has 5 rings (SSSR count). The van der Waals surface area contributed by atoms with Crippen molar-refractivity contribution in [3.63, 3.8) is 0 Å². The van der Waals surface area contributed by atoms with Crippen molar-refractivity contribution < 1.29 is 14.9 Å². The Balaban J connectivity index is 1.90. The Morgan fingerprint density at radius 1 is 0.862 bits per heavy atom. The van der Waals surface area contributed by atoms with E-state index in [-0.39, 0.29) is 11.5 Å². The van der Waals surface area contributed by atoms with Crippen LogP contribution in [0.2, 0.25) is 0 Å². The van der Waals surface area contributed by atoms with Crippen molar-refractivity contribution in [1.29, 1.82) is 0 Å². The van der Waals surface area contributed by atoms with E-state index in [1.54, 1.807) is 25.2 Å². The fourth-order valence-corrected chi connectivity index (χ4v) is 4.50. The summed E-state index contributed by atoms with van der Waals surface area (Å²) in [6, 6.07) is 13.8. The maximum absolute atomic E-state index is 13.4. The van der Waals surface area contributed by atoms with Crippen molar-refractivity contribution in [3.05, 3.63) is 91.6 Å². The fourth-order valence-electron chi connectivity index (χ4n) is 4.50. The van der Waals surface area contributed by atoms with Crippen LogP contribution in [0.5, 0.6) is 5.75 Å². The van der Waals surface area contributed by atoms with Gasteiger partial charge in [0, 0.05) is 24.1 Å². The molecule has 7 heteroatoms. The minimum Gasteiger partial charge on any atom is -0.508 e. The topological polar surface area (TPSA) is 95.3 Å². The predicted octanol–water partition coefficient (Wildman–Crippen LogP) is -0.0510. The van der Waals surface area contributed by atoms with Gasteiger partial charge in [-0.05, 0) is 17.7 Å². The Hall–Kier alpha value is -3.74. The van der Waals surface area contributed by atoms with Gasteiger partial charge in [0.2, 0.25) is 0 Å². The highest BCUT2D eigenvalue weighted by Gasteiger charge is 2.50. The molecular formula is C22H18N3O4+. The summed E-state index contributed by atoms with van der Waals surface area (Å²) in [5.74, 6) is -0.752. The number of rotatable bonds is 1. The van der Waals surface area contributed by atoms with Crippen molar-refractivity contribution in [2.75, 3.05) is 0 Å². The average Bonchev–Trinajstić information content (AvgIpc) is 3.02. The first kappa shape index (κ1) is 17.4. The van der Waals surface area contributed by atoms with Crippen LogP contribution in [-0.4, -0.2) is 25.7 Å². The van der Waals surface area contributed by atoms with Crippen molar-refractivity contribution in [2.24, 2.45) is 20.0 Å². The van der Waals surface area contributed by atoms with E-state index < -0.39 is 23.1 Å². The van der Waals surface area contributed by atoms with Crippen LogP contribution in [0.1, 0.15) is 33.0 Å². The van der Waals surface area contributed by atoms with Gasteiger partial charge in [-0.25, -0.2) is 14.4 Å². The molecule has 2 heterocycles. The normalized spacial score (nSPS) is 19.4. The lowest BCUT2D eigenvalue weighted by Gasteiger charge is -2.26. The molecule has 3 aromatic rings. The maximum atomic E-state index is 13.4.